The second-order valence-corrected chi connectivity index (χ2v) is 6.67. The number of nitrogens with one attached hydrogen (secondary N) is 1. The summed E-state index contributed by atoms with van der Waals surface area (Å²) in [5, 5.41) is 3.35. The number of rotatable bonds is 5. The van der Waals surface area contributed by atoms with Gasteiger partial charge in [-0.25, -0.2) is 4.98 Å². The number of amides is 1. The Bertz CT molecular complexity index is 821. The highest BCUT2D eigenvalue weighted by molar-refractivity contribution is 8.00. The molecule has 23 heavy (non-hydrogen) atoms. The third-order valence-corrected chi connectivity index (χ3v) is 4.37. The summed E-state index contributed by atoms with van der Waals surface area (Å²) in [6.07, 6.45) is 5.15. The fraction of sp³-hybridized carbons (Fsp3) is 0.353. The predicted molar refractivity (Wildman–Crippen MR) is 93.5 cm³/mol. The summed E-state index contributed by atoms with van der Waals surface area (Å²) in [5.74, 6) is 2.19. The minimum Gasteiger partial charge on any atom is -0.344 e. The van der Waals surface area contributed by atoms with Gasteiger partial charge in [-0.2, -0.15) is 0 Å². The smallest absolute Gasteiger partial charge is 0.262 e. The van der Waals surface area contributed by atoms with E-state index in [0.717, 1.165) is 0 Å². The molecule has 1 amide bonds. The zero-order chi connectivity index (χ0) is 17.0. The number of hydrogen-bond acceptors (Lipinski definition) is 4. The van der Waals surface area contributed by atoms with Crippen LogP contribution in [0.3, 0.4) is 0 Å². The van der Waals surface area contributed by atoms with Crippen molar-refractivity contribution in [2.75, 3.05) is 6.54 Å². The van der Waals surface area contributed by atoms with Crippen LogP contribution in [0, 0.1) is 12.3 Å². The lowest BCUT2D eigenvalue weighted by Crippen LogP contribution is -2.32. The van der Waals surface area contributed by atoms with E-state index in [1.165, 1.54) is 11.8 Å². The van der Waals surface area contributed by atoms with Crippen LogP contribution in [0.15, 0.2) is 34.2 Å². The van der Waals surface area contributed by atoms with E-state index >= 15 is 0 Å². The lowest BCUT2D eigenvalue weighted by Gasteiger charge is -2.18. The number of aromatic nitrogens is 2. The van der Waals surface area contributed by atoms with Gasteiger partial charge in [-0.15, -0.1) is 6.42 Å². The van der Waals surface area contributed by atoms with Gasteiger partial charge in [-0.05, 0) is 32.9 Å². The van der Waals surface area contributed by atoms with Crippen LogP contribution >= 0.6 is 11.8 Å². The summed E-state index contributed by atoms with van der Waals surface area (Å²) < 4.78 is 1.62. The third-order valence-electron chi connectivity index (χ3n) is 3.31. The van der Waals surface area contributed by atoms with Crippen LogP contribution in [0.4, 0.5) is 0 Å². The molecule has 1 atom stereocenters. The number of carbonyl (C=O) groups is 1. The predicted octanol–water partition coefficient (Wildman–Crippen LogP) is 2.21. The van der Waals surface area contributed by atoms with Crippen molar-refractivity contribution >= 4 is 28.6 Å². The molecule has 0 aliphatic carbocycles. The maximum atomic E-state index is 12.7. The minimum absolute atomic E-state index is 0.0527. The Balaban J connectivity index is 2.43. The molecule has 1 N–H and O–H groups in total. The van der Waals surface area contributed by atoms with E-state index in [0.29, 0.717) is 16.1 Å². The maximum Gasteiger partial charge on any atom is 0.262 e. The van der Waals surface area contributed by atoms with Crippen molar-refractivity contribution in [2.24, 2.45) is 0 Å². The topological polar surface area (TPSA) is 64.0 Å². The van der Waals surface area contributed by atoms with E-state index in [1.54, 1.807) is 23.6 Å². The minimum atomic E-state index is -0.401. The molecule has 6 heteroatoms. The van der Waals surface area contributed by atoms with Gasteiger partial charge >= 0.3 is 0 Å². The second kappa shape index (κ2) is 7.34. The molecule has 0 bridgehead atoms. The zero-order valence-corrected chi connectivity index (χ0v) is 14.2. The molecule has 0 aliphatic heterocycles. The van der Waals surface area contributed by atoms with E-state index in [9.17, 15) is 9.59 Å². The zero-order valence-electron chi connectivity index (χ0n) is 13.4. The van der Waals surface area contributed by atoms with Crippen molar-refractivity contribution < 1.29 is 4.79 Å². The van der Waals surface area contributed by atoms with E-state index in [2.05, 4.69) is 16.2 Å². The van der Waals surface area contributed by atoms with Crippen molar-refractivity contribution in [3.8, 4) is 12.3 Å². The number of para-hydroxylation sites is 1. The molecular weight excluding hydrogens is 310 g/mol. The number of terminal acetylenes is 1. The standard InChI is InChI=1S/C17H19N3O2S/c1-5-10-18-15(21)12(4)23-17-19-14-9-7-6-8-13(14)16(22)20(17)11(2)3/h1,6-9,11-12H,10H2,2-4H3,(H,18,21). The molecule has 2 aromatic rings. The van der Waals surface area contributed by atoms with Gasteiger partial charge in [0.2, 0.25) is 5.91 Å². The van der Waals surface area contributed by atoms with E-state index < -0.39 is 5.25 Å². The molecule has 0 saturated heterocycles. The Morgan fingerprint density at radius 1 is 1.39 bits per heavy atom. The van der Waals surface area contributed by atoms with Crippen LogP contribution in [0.2, 0.25) is 0 Å². The quantitative estimate of drug-likeness (QED) is 0.519. The molecule has 1 unspecified atom stereocenters. The summed E-state index contributed by atoms with van der Waals surface area (Å²) >= 11 is 1.26. The van der Waals surface area contributed by atoms with Gasteiger partial charge in [0.15, 0.2) is 5.16 Å². The van der Waals surface area contributed by atoms with E-state index in [1.807, 2.05) is 26.0 Å². The van der Waals surface area contributed by atoms with Crippen molar-refractivity contribution in [1.82, 2.24) is 14.9 Å². The average Bonchev–Trinajstić information content (AvgIpc) is 2.52. The van der Waals surface area contributed by atoms with Gasteiger partial charge in [0.25, 0.3) is 5.56 Å². The van der Waals surface area contributed by atoms with Crippen LogP contribution in [-0.2, 0) is 4.79 Å². The molecule has 5 nitrogen and oxygen atoms in total. The summed E-state index contributed by atoms with van der Waals surface area (Å²) in [6.45, 7) is 5.80. The molecule has 1 aromatic carbocycles. The van der Waals surface area contributed by atoms with Gasteiger partial charge in [0, 0.05) is 6.04 Å². The lowest BCUT2D eigenvalue weighted by molar-refractivity contribution is -0.120. The molecule has 0 aliphatic rings. The number of carbonyl (C=O) groups excluding carboxylic acids is 1. The Morgan fingerprint density at radius 2 is 2.09 bits per heavy atom. The molecule has 2 rings (SSSR count). The largest absolute Gasteiger partial charge is 0.344 e. The molecule has 1 heterocycles. The van der Waals surface area contributed by atoms with Crippen LogP contribution in [0.25, 0.3) is 10.9 Å². The highest BCUT2D eigenvalue weighted by atomic mass is 32.2. The van der Waals surface area contributed by atoms with Crippen LogP contribution in [0.1, 0.15) is 26.8 Å². The number of thioether (sulfide) groups is 1. The molecule has 0 spiro atoms. The lowest BCUT2D eigenvalue weighted by atomic mass is 10.2. The average molecular weight is 329 g/mol. The number of hydrogen-bond donors (Lipinski definition) is 1. The van der Waals surface area contributed by atoms with Crippen molar-refractivity contribution in [3.05, 3.63) is 34.6 Å². The Hall–Kier alpha value is -2.26. The number of fused-ring (bicyclic) bond motifs is 1. The van der Waals surface area contributed by atoms with Gasteiger partial charge in [-0.3, -0.25) is 14.2 Å². The molecule has 0 saturated carbocycles. The summed E-state index contributed by atoms with van der Waals surface area (Å²) in [6, 6.07) is 7.17. The highest BCUT2D eigenvalue weighted by Crippen LogP contribution is 2.24. The SMILES string of the molecule is C#CCNC(=O)C(C)Sc1nc2ccccc2c(=O)n1C(C)C. The monoisotopic (exact) mass is 329 g/mol. The fourth-order valence-corrected chi connectivity index (χ4v) is 3.22. The Morgan fingerprint density at radius 3 is 2.74 bits per heavy atom. The summed E-state index contributed by atoms with van der Waals surface area (Å²) in [5.41, 5.74) is 0.539. The van der Waals surface area contributed by atoms with Gasteiger partial charge < -0.3 is 5.32 Å². The second-order valence-electron chi connectivity index (χ2n) is 5.36. The number of nitrogens with zero attached hydrogens (tertiary/aromatic N) is 2. The Labute approximate surface area is 139 Å². The van der Waals surface area contributed by atoms with E-state index in [-0.39, 0.29) is 24.1 Å². The molecule has 1 aromatic heterocycles. The molecule has 0 radical (unpaired) electrons. The normalized spacial score (nSPS) is 12.1. The number of benzene rings is 1. The van der Waals surface area contributed by atoms with Crippen LogP contribution in [0.5, 0.6) is 0 Å². The first-order valence-corrected chi connectivity index (χ1v) is 8.22. The summed E-state index contributed by atoms with van der Waals surface area (Å²) in [4.78, 5) is 29.3. The van der Waals surface area contributed by atoms with Gasteiger partial charge in [-0.1, -0.05) is 29.8 Å². The van der Waals surface area contributed by atoms with Crippen molar-refractivity contribution in [3.63, 3.8) is 0 Å². The first-order chi connectivity index (χ1) is 11.0. The van der Waals surface area contributed by atoms with Crippen molar-refractivity contribution in [1.29, 1.82) is 0 Å². The Kier molecular flexibility index (Phi) is 5.45. The molecule has 120 valence electrons. The summed E-state index contributed by atoms with van der Waals surface area (Å²) in [7, 11) is 0. The highest BCUT2D eigenvalue weighted by Gasteiger charge is 2.20. The fourth-order valence-electron chi connectivity index (χ4n) is 2.16. The van der Waals surface area contributed by atoms with Crippen molar-refractivity contribution in [2.45, 2.75) is 37.2 Å². The van der Waals surface area contributed by atoms with E-state index in [4.69, 9.17) is 6.42 Å². The van der Waals surface area contributed by atoms with Gasteiger partial charge in [0.05, 0.1) is 22.7 Å². The first-order valence-electron chi connectivity index (χ1n) is 7.34. The third kappa shape index (κ3) is 3.74. The maximum absolute atomic E-state index is 12.7. The molecule has 0 fully saturated rings. The van der Waals surface area contributed by atoms with Gasteiger partial charge in [0.1, 0.15) is 0 Å². The first kappa shape index (κ1) is 17.1. The molecular formula is C17H19N3O2S. The van der Waals surface area contributed by atoms with Crippen LogP contribution in [-0.4, -0.2) is 27.3 Å². The van der Waals surface area contributed by atoms with Crippen LogP contribution < -0.4 is 10.9 Å².